The van der Waals surface area contributed by atoms with Crippen LogP contribution in [-0.4, -0.2) is 38.0 Å². The van der Waals surface area contributed by atoms with E-state index in [1.165, 1.54) is 13.5 Å². The lowest BCUT2D eigenvalue weighted by Crippen LogP contribution is -2.40. The number of esters is 1. The van der Waals surface area contributed by atoms with E-state index in [1.54, 1.807) is 18.2 Å². The Morgan fingerprint density at radius 3 is 2.62 bits per heavy atom. The molecule has 130 valence electrons. The number of fused-ring (bicyclic) bond motifs is 1. The van der Waals surface area contributed by atoms with E-state index >= 15 is 0 Å². The van der Waals surface area contributed by atoms with Crippen LogP contribution in [0.4, 0.5) is 5.69 Å². The molecule has 1 spiro atoms. The van der Waals surface area contributed by atoms with E-state index in [4.69, 9.17) is 14.2 Å². The van der Waals surface area contributed by atoms with Crippen molar-refractivity contribution in [3.8, 4) is 11.5 Å². The minimum absolute atomic E-state index is 0.181. The normalized spacial score (nSPS) is 17.5. The van der Waals surface area contributed by atoms with Gasteiger partial charge in [0.15, 0.2) is 18.1 Å². The number of hydrogen-bond acceptors (Lipinski definition) is 6. The van der Waals surface area contributed by atoms with Crippen LogP contribution in [0.2, 0.25) is 0 Å². The lowest BCUT2D eigenvalue weighted by molar-refractivity contribution is -0.150. The molecule has 1 saturated carbocycles. The first kappa shape index (κ1) is 16.6. The van der Waals surface area contributed by atoms with Crippen LogP contribution in [0.3, 0.4) is 0 Å². The standard InChI is InChI=1S/C17H21NO6/c1-21-11-16(20)22-10-15(19)18-12-5-6-13-14(9-12)24-17(23-13)7-3-2-4-8-17/h5-6,9H,2-4,7-8,10-11H2,1H3,(H,18,19). The quantitative estimate of drug-likeness (QED) is 0.831. The molecule has 0 bridgehead atoms. The Balaban J connectivity index is 1.57. The zero-order valence-electron chi connectivity index (χ0n) is 13.6. The first-order valence-electron chi connectivity index (χ1n) is 8.07. The Labute approximate surface area is 140 Å². The zero-order chi connectivity index (χ0) is 17.0. The van der Waals surface area contributed by atoms with Crippen LogP contribution in [0.1, 0.15) is 32.1 Å². The number of benzene rings is 1. The van der Waals surface area contributed by atoms with Gasteiger partial charge in [0.1, 0.15) is 6.61 Å². The number of hydrogen-bond donors (Lipinski definition) is 1. The summed E-state index contributed by atoms with van der Waals surface area (Å²) in [5.41, 5.74) is 0.568. The molecule has 0 unspecified atom stereocenters. The summed E-state index contributed by atoms with van der Waals surface area (Å²) in [4.78, 5) is 23.0. The van der Waals surface area contributed by atoms with Gasteiger partial charge in [-0.05, 0) is 25.0 Å². The maximum atomic E-state index is 11.8. The molecule has 0 atom stereocenters. The van der Waals surface area contributed by atoms with Crippen LogP contribution in [0, 0.1) is 0 Å². The fourth-order valence-corrected chi connectivity index (χ4v) is 2.97. The SMILES string of the molecule is COCC(=O)OCC(=O)Nc1ccc2c(c1)OC1(CCCCC1)O2. The summed E-state index contributed by atoms with van der Waals surface area (Å²) in [7, 11) is 1.38. The average molecular weight is 335 g/mol. The second-order valence-electron chi connectivity index (χ2n) is 5.98. The minimum atomic E-state index is -0.586. The van der Waals surface area contributed by atoms with E-state index in [2.05, 4.69) is 10.1 Å². The summed E-state index contributed by atoms with van der Waals surface area (Å²) >= 11 is 0. The van der Waals surface area contributed by atoms with Crippen molar-refractivity contribution in [2.45, 2.75) is 37.9 Å². The number of amides is 1. The number of carbonyl (C=O) groups excluding carboxylic acids is 2. The molecule has 1 amide bonds. The highest BCUT2D eigenvalue weighted by Crippen LogP contribution is 2.46. The maximum absolute atomic E-state index is 11.8. The van der Waals surface area contributed by atoms with Crippen molar-refractivity contribution in [1.29, 1.82) is 0 Å². The maximum Gasteiger partial charge on any atom is 0.332 e. The summed E-state index contributed by atoms with van der Waals surface area (Å²) in [6.45, 7) is -0.542. The molecule has 7 nitrogen and oxygen atoms in total. The second-order valence-corrected chi connectivity index (χ2v) is 5.98. The van der Waals surface area contributed by atoms with Gasteiger partial charge in [-0.25, -0.2) is 4.79 Å². The first-order valence-corrected chi connectivity index (χ1v) is 8.07. The van der Waals surface area contributed by atoms with Crippen molar-refractivity contribution in [3.05, 3.63) is 18.2 Å². The topological polar surface area (TPSA) is 83.1 Å². The minimum Gasteiger partial charge on any atom is -0.454 e. The molecule has 1 N–H and O–H groups in total. The lowest BCUT2D eigenvalue weighted by atomic mass is 9.94. The molecular formula is C17H21NO6. The molecular weight excluding hydrogens is 314 g/mol. The summed E-state index contributed by atoms with van der Waals surface area (Å²) in [5, 5.41) is 2.67. The van der Waals surface area contributed by atoms with E-state index in [0.29, 0.717) is 17.2 Å². The van der Waals surface area contributed by atoms with Gasteiger partial charge in [-0.3, -0.25) is 4.79 Å². The summed E-state index contributed by atoms with van der Waals surface area (Å²) in [5.74, 6) is -0.227. The van der Waals surface area contributed by atoms with Crippen LogP contribution in [0.15, 0.2) is 18.2 Å². The van der Waals surface area contributed by atoms with E-state index in [0.717, 1.165) is 25.7 Å². The van der Waals surface area contributed by atoms with Gasteiger partial charge in [-0.2, -0.15) is 0 Å². The molecule has 3 rings (SSSR count). The first-order chi connectivity index (χ1) is 11.6. The smallest absolute Gasteiger partial charge is 0.332 e. The predicted molar refractivity (Wildman–Crippen MR) is 85.0 cm³/mol. The molecule has 7 heteroatoms. The van der Waals surface area contributed by atoms with Crippen molar-refractivity contribution in [2.75, 3.05) is 25.6 Å². The number of methoxy groups -OCH3 is 1. The third-order valence-electron chi connectivity index (χ3n) is 4.06. The zero-order valence-corrected chi connectivity index (χ0v) is 13.6. The molecule has 0 aromatic heterocycles. The highest BCUT2D eigenvalue weighted by atomic mass is 16.7. The fourth-order valence-electron chi connectivity index (χ4n) is 2.97. The molecule has 1 aromatic carbocycles. The van der Waals surface area contributed by atoms with Crippen LogP contribution in [0.25, 0.3) is 0 Å². The second kappa shape index (κ2) is 7.09. The lowest BCUT2D eigenvalue weighted by Gasteiger charge is -2.31. The van der Waals surface area contributed by atoms with Gasteiger partial charge in [0.05, 0.1) is 0 Å². The predicted octanol–water partition coefficient (Wildman–Crippen LogP) is 2.25. The third-order valence-corrected chi connectivity index (χ3v) is 4.06. The largest absolute Gasteiger partial charge is 0.454 e. The van der Waals surface area contributed by atoms with E-state index < -0.39 is 17.7 Å². The van der Waals surface area contributed by atoms with Gasteiger partial charge < -0.3 is 24.3 Å². The Morgan fingerprint density at radius 2 is 1.88 bits per heavy atom. The Morgan fingerprint density at radius 1 is 1.12 bits per heavy atom. The molecule has 1 heterocycles. The number of anilines is 1. The average Bonchev–Trinajstić information content (AvgIpc) is 2.90. The van der Waals surface area contributed by atoms with Crippen molar-refractivity contribution in [2.24, 2.45) is 0 Å². The van der Waals surface area contributed by atoms with Crippen molar-refractivity contribution >= 4 is 17.6 Å². The van der Waals surface area contributed by atoms with Crippen LogP contribution < -0.4 is 14.8 Å². The molecule has 24 heavy (non-hydrogen) atoms. The van der Waals surface area contributed by atoms with Crippen LogP contribution in [-0.2, 0) is 19.1 Å². The third kappa shape index (κ3) is 3.79. The van der Waals surface area contributed by atoms with Crippen molar-refractivity contribution in [1.82, 2.24) is 0 Å². The summed E-state index contributed by atoms with van der Waals surface area (Å²) in [6, 6.07) is 5.25. The summed E-state index contributed by atoms with van der Waals surface area (Å²) < 4.78 is 21.4. The van der Waals surface area contributed by atoms with Gasteiger partial charge in [-0.1, -0.05) is 6.42 Å². The van der Waals surface area contributed by atoms with Crippen LogP contribution >= 0.6 is 0 Å². The molecule has 1 aliphatic heterocycles. The molecule has 1 fully saturated rings. The van der Waals surface area contributed by atoms with E-state index in [1.807, 2.05) is 0 Å². The Hall–Kier alpha value is -2.28. The van der Waals surface area contributed by atoms with Gasteiger partial charge in [0.25, 0.3) is 11.7 Å². The Bertz CT molecular complexity index is 624. The fraction of sp³-hybridized carbons (Fsp3) is 0.529. The number of carbonyl (C=O) groups is 2. The number of rotatable bonds is 5. The van der Waals surface area contributed by atoms with Crippen LogP contribution in [0.5, 0.6) is 11.5 Å². The molecule has 1 aliphatic carbocycles. The number of ether oxygens (including phenoxy) is 4. The van der Waals surface area contributed by atoms with Gasteiger partial charge in [-0.15, -0.1) is 0 Å². The van der Waals surface area contributed by atoms with Crippen molar-refractivity contribution < 1.29 is 28.5 Å². The van der Waals surface area contributed by atoms with Gasteiger partial charge >= 0.3 is 5.97 Å². The highest BCUT2D eigenvalue weighted by molar-refractivity contribution is 5.93. The van der Waals surface area contributed by atoms with Gasteiger partial charge in [0.2, 0.25) is 0 Å². The highest BCUT2D eigenvalue weighted by Gasteiger charge is 2.42. The molecule has 1 aromatic rings. The van der Waals surface area contributed by atoms with E-state index in [-0.39, 0.29) is 13.2 Å². The molecule has 0 radical (unpaired) electrons. The van der Waals surface area contributed by atoms with Crippen molar-refractivity contribution in [3.63, 3.8) is 0 Å². The number of nitrogens with one attached hydrogen (secondary N) is 1. The van der Waals surface area contributed by atoms with Gasteiger partial charge in [0, 0.05) is 31.7 Å². The molecule has 0 saturated heterocycles. The molecule has 2 aliphatic rings. The van der Waals surface area contributed by atoms with E-state index in [9.17, 15) is 9.59 Å². The Kier molecular flexibility index (Phi) is 4.89. The summed E-state index contributed by atoms with van der Waals surface area (Å²) in [6.07, 6.45) is 5.13. The monoisotopic (exact) mass is 335 g/mol.